The summed E-state index contributed by atoms with van der Waals surface area (Å²) in [5.74, 6) is 0.925. The van der Waals surface area contributed by atoms with Crippen LogP contribution in [-0.2, 0) is 4.74 Å². The van der Waals surface area contributed by atoms with E-state index in [1.54, 1.807) is 0 Å². The molecule has 3 atom stereocenters. The van der Waals surface area contributed by atoms with Crippen LogP contribution in [0.3, 0.4) is 0 Å². The maximum Gasteiger partial charge on any atom is 0.127 e. The molecular formula is C12H14BrIO2. The van der Waals surface area contributed by atoms with Gasteiger partial charge in [-0.2, -0.15) is 0 Å². The summed E-state index contributed by atoms with van der Waals surface area (Å²) in [5.41, 5.74) is 0. The number of ether oxygens (including phenoxy) is 2. The van der Waals surface area contributed by atoms with Gasteiger partial charge in [-0.15, -0.1) is 0 Å². The van der Waals surface area contributed by atoms with Gasteiger partial charge in [0, 0.05) is 21.4 Å². The van der Waals surface area contributed by atoms with Crippen molar-refractivity contribution in [3.05, 3.63) is 27.8 Å². The first-order valence-electron chi connectivity index (χ1n) is 5.38. The second-order valence-electron chi connectivity index (χ2n) is 3.78. The van der Waals surface area contributed by atoms with Gasteiger partial charge in [0.2, 0.25) is 0 Å². The molecule has 2 rings (SSSR count). The molecule has 2 nitrogen and oxygen atoms in total. The molecule has 1 saturated carbocycles. The highest BCUT2D eigenvalue weighted by Gasteiger charge is 2.42. The van der Waals surface area contributed by atoms with Crippen LogP contribution in [0.5, 0.6) is 5.75 Å². The van der Waals surface area contributed by atoms with Crippen molar-refractivity contribution in [3.63, 3.8) is 0 Å². The third-order valence-electron chi connectivity index (χ3n) is 2.64. The zero-order valence-electron chi connectivity index (χ0n) is 9.03. The van der Waals surface area contributed by atoms with E-state index in [2.05, 4.69) is 50.7 Å². The molecule has 0 spiro atoms. The third-order valence-corrected chi connectivity index (χ3v) is 4.25. The summed E-state index contributed by atoms with van der Waals surface area (Å²) in [5, 5.41) is 0. The van der Waals surface area contributed by atoms with E-state index in [0.717, 1.165) is 18.8 Å². The molecule has 88 valence electrons. The SMILES string of the molecule is CCOC1C(Br)CC1Oc1ccc(I)cc1. The van der Waals surface area contributed by atoms with Crippen molar-refractivity contribution in [2.45, 2.75) is 30.4 Å². The number of halogens is 2. The van der Waals surface area contributed by atoms with Crippen LogP contribution >= 0.6 is 38.5 Å². The van der Waals surface area contributed by atoms with Gasteiger partial charge in [0.1, 0.15) is 18.0 Å². The number of hydrogen-bond acceptors (Lipinski definition) is 2. The zero-order chi connectivity index (χ0) is 11.5. The molecule has 0 heterocycles. The molecule has 1 aromatic rings. The minimum atomic E-state index is 0.185. The Balaban J connectivity index is 1.92. The highest BCUT2D eigenvalue weighted by Crippen LogP contribution is 2.34. The molecular weight excluding hydrogens is 383 g/mol. The van der Waals surface area contributed by atoms with Crippen molar-refractivity contribution in [3.8, 4) is 5.75 Å². The highest BCUT2D eigenvalue weighted by molar-refractivity contribution is 14.1. The fourth-order valence-electron chi connectivity index (χ4n) is 1.73. The minimum Gasteiger partial charge on any atom is -0.488 e. The zero-order valence-corrected chi connectivity index (χ0v) is 12.8. The number of benzene rings is 1. The molecule has 0 bridgehead atoms. The Kier molecular flexibility index (Phi) is 4.49. The molecule has 0 aliphatic heterocycles. The number of hydrogen-bond donors (Lipinski definition) is 0. The Bertz CT molecular complexity index is 341. The van der Waals surface area contributed by atoms with Crippen molar-refractivity contribution < 1.29 is 9.47 Å². The molecule has 0 amide bonds. The van der Waals surface area contributed by atoms with Crippen molar-refractivity contribution in [1.29, 1.82) is 0 Å². The van der Waals surface area contributed by atoms with Crippen molar-refractivity contribution >= 4 is 38.5 Å². The van der Waals surface area contributed by atoms with E-state index in [4.69, 9.17) is 9.47 Å². The minimum absolute atomic E-state index is 0.185. The maximum absolute atomic E-state index is 5.88. The monoisotopic (exact) mass is 396 g/mol. The Morgan fingerprint density at radius 2 is 2.06 bits per heavy atom. The molecule has 0 radical (unpaired) electrons. The molecule has 0 aromatic heterocycles. The Morgan fingerprint density at radius 1 is 1.38 bits per heavy atom. The maximum atomic E-state index is 5.88. The van der Waals surface area contributed by atoms with Crippen LogP contribution in [0, 0.1) is 3.57 Å². The smallest absolute Gasteiger partial charge is 0.127 e. The quantitative estimate of drug-likeness (QED) is 0.571. The first-order chi connectivity index (χ1) is 7.70. The van der Waals surface area contributed by atoms with Crippen LogP contribution in [0.2, 0.25) is 0 Å². The molecule has 1 aromatic carbocycles. The van der Waals surface area contributed by atoms with E-state index >= 15 is 0 Å². The molecule has 0 N–H and O–H groups in total. The standard InChI is InChI=1S/C12H14BrIO2/c1-2-15-12-10(13)7-11(12)16-9-5-3-8(14)4-6-9/h3-6,10-12H,2,7H2,1H3. The fraction of sp³-hybridized carbons (Fsp3) is 0.500. The van der Waals surface area contributed by atoms with Gasteiger partial charge in [-0.1, -0.05) is 15.9 Å². The van der Waals surface area contributed by atoms with Crippen LogP contribution in [0.1, 0.15) is 13.3 Å². The lowest BCUT2D eigenvalue weighted by Gasteiger charge is -2.40. The van der Waals surface area contributed by atoms with E-state index in [1.165, 1.54) is 3.57 Å². The van der Waals surface area contributed by atoms with E-state index in [9.17, 15) is 0 Å². The van der Waals surface area contributed by atoms with Gasteiger partial charge in [0.15, 0.2) is 0 Å². The number of alkyl halides is 1. The van der Waals surface area contributed by atoms with Gasteiger partial charge in [0.25, 0.3) is 0 Å². The topological polar surface area (TPSA) is 18.5 Å². The van der Waals surface area contributed by atoms with Crippen LogP contribution < -0.4 is 4.74 Å². The highest BCUT2D eigenvalue weighted by atomic mass is 127. The summed E-state index contributed by atoms with van der Waals surface area (Å²) in [6.45, 7) is 2.75. The van der Waals surface area contributed by atoms with E-state index in [1.807, 2.05) is 19.1 Å². The average Bonchev–Trinajstić information content (AvgIpc) is 2.28. The largest absolute Gasteiger partial charge is 0.488 e. The molecule has 3 unspecified atom stereocenters. The van der Waals surface area contributed by atoms with Crippen molar-refractivity contribution in [1.82, 2.24) is 0 Å². The van der Waals surface area contributed by atoms with Crippen LogP contribution in [-0.4, -0.2) is 23.6 Å². The molecule has 0 saturated heterocycles. The fourth-order valence-corrected chi connectivity index (χ4v) is 2.96. The van der Waals surface area contributed by atoms with Crippen LogP contribution in [0.25, 0.3) is 0 Å². The molecule has 16 heavy (non-hydrogen) atoms. The van der Waals surface area contributed by atoms with Crippen molar-refractivity contribution in [2.75, 3.05) is 6.61 Å². The first-order valence-corrected chi connectivity index (χ1v) is 7.38. The lowest BCUT2D eigenvalue weighted by Crippen LogP contribution is -2.52. The summed E-state index contributed by atoms with van der Waals surface area (Å²) >= 11 is 5.87. The van der Waals surface area contributed by atoms with Crippen LogP contribution in [0.4, 0.5) is 0 Å². The summed E-state index contributed by atoms with van der Waals surface area (Å²) in [6, 6.07) is 8.12. The average molecular weight is 397 g/mol. The van der Waals surface area contributed by atoms with Gasteiger partial charge < -0.3 is 9.47 Å². The molecule has 1 aliphatic rings. The molecule has 1 fully saturated rings. The predicted octanol–water partition coefficient (Wildman–Crippen LogP) is 3.61. The first kappa shape index (κ1) is 12.6. The van der Waals surface area contributed by atoms with Gasteiger partial charge in [-0.25, -0.2) is 0 Å². The summed E-state index contributed by atoms with van der Waals surface area (Å²) < 4.78 is 12.7. The van der Waals surface area contributed by atoms with E-state index in [0.29, 0.717) is 4.83 Å². The normalized spacial score (nSPS) is 28.6. The van der Waals surface area contributed by atoms with Gasteiger partial charge in [-0.05, 0) is 53.8 Å². The second kappa shape index (κ2) is 5.69. The third kappa shape index (κ3) is 2.90. The second-order valence-corrected chi connectivity index (χ2v) is 6.20. The summed E-state index contributed by atoms with van der Waals surface area (Å²) in [6.07, 6.45) is 1.38. The van der Waals surface area contributed by atoms with Gasteiger partial charge in [0.05, 0.1) is 0 Å². The van der Waals surface area contributed by atoms with E-state index in [-0.39, 0.29) is 12.2 Å². The molecule has 4 heteroatoms. The molecule has 1 aliphatic carbocycles. The summed E-state index contributed by atoms with van der Waals surface area (Å²) in [7, 11) is 0. The van der Waals surface area contributed by atoms with Crippen LogP contribution in [0.15, 0.2) is 24.3 Å². The lowest BCUT2D eigenvalue weighted by atomic mass is 9.91. The number of rotatable bonds is 4. The Labute approximate surface area is 118 Å². The Morgan fingerprint density at radius 3 is 2.62 bits per heavy atom. The Hall–Kier alpha value is 0.190. The van der Waals surface area contributed by atoms with E-state index < -0.39 is 0 Å². The van der Waals surface area contributed by atoms with Crippen molar-refractivity contribution in [2.24, 2.45) is 0 Å². The van der Waals surface area contributed by atoms with Gasteiger partial charge >= 0.3 is 0 Å². The summed E-state index contributed by atoms with van der Waals surface area (Å²) in [4.78, 5) is 0.432. The lowest BCUT2D eigenvalue weighted by molar-refractivity contribution is -0.0723. The predicted molar refractivity (Wildman–Crippen MR) is 76.3 cm³/mol. The van der Waals surface area contributed by atoms with Gasteiger partial charge in [-0.3, -0.25) is 0 Å².